The van der Waals surface area contributed by atoms with E-state index in [0.717, 1.165) is 12.8 Å². The molecule has 0 N–H and O–H groups in total. The maximum Gasteiger partial charge on any atom is 0.0209 e. The lowest BCUT2D eigenvalue weighted by Gasteiger charge is -2.16. The van der Waals surface area contributed by atoms with Crippen LogP contribution in [-0.2, 0) is 6.42 Å². The molecule has 1 aliphatic carbocycles. The van der Waals surface area contributed by atoms with Gasteiger partial charge < -0.3 is 0 Å². The molecule has 0 saturated carbocycles. The summed E-state index contributed by atoms with van der Waals surface area (Å²) in [6.07, 6.45) is 6.91. The highest BCUT2D eigenvalue weighted by Gasteiger charge is 2.13. The Balaban J connectivity index is 1.86. The first-order valence-corrected chi connectivity index (χ1v) is 9.79. The van der Waals surface area contributed by atoms with Crippen molar-refractivity contribution >= 4 is 50.2 Å². The van der Waals surface area contributed by atoms with Crippen molar-refractivity contribution in [2.45, 2.75) is 12.8 Å². The van der Waals surface area contributed by atoms with E-state index in [0.29, 0.717) is 0 Å². The second-order valence-corrected chi connectivity index (χ2v) is 7.78. The summed E-state index contributed by atoms with van der Waals surface area (Å²) in [4.78, 5) is 0. The molecule has 4 aromatic rings. The number of fused-ring (bicyclic) bond motifs is 4. The molecule has 0 nitrogen and oxygen atoms in total. The van der Waals surface area contributed by atoms with Gasteiger partial charge in [-0.05, 0) is 85.3 Å². The fraction of sp³-hybridized carbons (Fsp3) is 0.0833. The van der Waals surface area contributed by atoms with Crippen LogP contribution in [0.15, 0.2) is 72.8 Å². The fourth-order valence-electron chi connectivity index (χ4n) is 4.01. The van der Waals surface area contributed by atoms with Gasteiger partial charge in [-0.15, -0.1) is 0 Å². The Morgan fingerprint density at radius 1 is 0.640 bits per heavy atom. The minimum Gasteiger partial charge on any atom is -0.0836 e. The van der Waals surface area contributed by atoms with E-state index < -0.39 is 0 Å². The molecule has 0 aromatic heterocycles. The second kappa shape index (κ2) is 5.99. The molecule has 25 heavy (non-hydrogen) atoms. The van der Waals surface area contributed by atoms with E-state index >= 15 is 0 Å². The summed E-state index contributed by atoms with van der Waals surface area (Å²) in [5, 5.41) is 5.37. The van der Waals surface area contributed by atoms with Crippen molar-refractivity contribution in [1.29, 1.82) is 0 Å². The van der Waals surface area contributed by atoms with Crippen LogP contribution in [-0.4, -0.2) is 0 Å². The van der Waals surface area contributed by atoms with Crippen LogP contribution in [0.5, 0.6) is 0 Å². The van der Waals surface area contributed by atoms with Crippen molar-refractivity contribution in [2.75, 3.05) is 0 Å². The van der Waals surface area contributed by atoms with Crippen molar-refractivity contribution in [3.05, 3.63) is 87.5 Å². The summed E-state index contributed by atoms with van der Waals surface area (Å²) in [6, 6.07) is 24.6. The molecule has 1 heteroatoms. The van der Waals surface area contributed by atoms with Crippen LogP contribution >= 0.6 is 22.6 Å². The van der Waals surface area contributed by atoms with Crippen molar-refractivity contribution in [1.82, 2.24) is 0 Å². The molecular weight excluding hydrogens is 415 g/mol. The number of allylic oxidation sites excluding steroid dienone is 1. The largest absolute Gasteiger partial charge is 0.0836 e. The minimum absolute atomic E-state index is 1.15. The Bertz CT molecular complexity index is 1150. The highest BCUT2D eigenvalue weighted by Crippen LogP contribution is 2.38. The molecule has 0 heterocycles. The summed E-state index contributed by atoms with van der Waals surface area (Å²) >= 11 is 2.43. The van der Waals surface area contributed by atoms with Gasteiger partial charge in [0.05, 0.1) is 0 Å². The summed E-state index contributed by atoms with van der Waals surface area (Å²) in [7, 11) is 0. The van der Waals surface area contributed by atoms with Gasteiger partial charge in [-0.3, -0.25) is 0 Å². The number of rotatable bonds is 1. The average molecular weight is 432 g/mol. The number of benzene rings is 4. The van der Waals surface area contributed by atoms with Gasteiger partial charge in [0.2, 0.25) is 0 Å². The molecule has 5 rings (SSSR count). The van der Waals surface area contributed by atoms with E-state index in [2.05, 4.69) is 101 Å². The van der Waals surface area contributed by atoms with Crippen molar-refractivity contribution in [3.63, 3.8) is 0 Å². The third-order valence-corrected chi connectivity index (χ3v) is 6.16. The molecule has 0 aliphatic heterocycles. The van der Waals surface area contributed by atoms with Crippen LogP contribution in [0.4, 0.5) is 0 Å². The van der Waals surface area contributed by atoms with E-state index in [1.165, 1.54) is 47.4 Å². The number of aryl methyl sites for hydroxylation is 1. The van der Waals surface area contributed by atoms with E-state index in [-0.39, 0.29) is 0 Å². The Hall–Kier alpha value is -2.13. The molecule has 0 fully saturated rings. The van der Waals surface area contributed by atoms with Gasteiger partial charge in [0, 0.05) is 3.57 Å². The van der Waals surface area contributed by atoms with Crippen LogP contribution in [0.1, 0.15) is 17.5 Å². The van der Waals surface area contributed by atoms with Gasteiger partial charge >= 0.3 is 0 Å². The van der Waals surface area contributed by atoms with Crippen molar-refractivity contribution < 1.29 is 0 Å². The second-order valence-electron chi connectivity index (χ2n) is 6.62. The quantitative estimate of drug-likeness (QED) is 0.279. The average Bonchev–Trinajstić information content (AvgIpc) is 2.68. The van der Waals surface area contributed by atoms with Crippen LogP contribution in [0.25, 0.3) is 38.7 Å². The van der Waals surface area contributed by atoms with E-state index in [1.54, 1.807) is 0 Å². The molecule has 0 bridgehead atoms. The van der Waals surface area contributed by atoms with E-state index in [9.17, 15) is 0 Å². The zero-order valence-corrected chi connectivity index (χ0v) is 16.0. The lowest BCUT2D eigenvalue weighted by atomic mass is 9.88. The van der Waals surface area contributed by atoms with Crippen molar-refractivity contribution in [2.24, 2.45) is 0 Å². The predicted octanol–water partition coefficient (Wildman–Crippen LogP) is 7.22. The maximum atomic E-state index is 2.43. The number of hydrogen-bond acceptors (Lipinski definition) is 0. The fourth-order valence-corrected chi connectivity index (χ4v) is 4.66. The SMILES string of the molecule is Ic1ccc(-c2cccc3c4c(ccc23)CCC=C4)c2ccccc12. The van der Waals surface area contributed by atoms with Gasteiger partial charge in [-0.2, -0.15) is 0 Å². The zero-order chi connectivity index (χ0) is 16.8. The Morgan fingerprint density at radius 2 is 1.40 bits per heavy atom. The molecular formula is C24H17I. The molecule has 0 radical (unpaired) electrons. The molecule has 0 spiro atoms. The highest BCUT2D eigenvalue weighted by atomic mass is 127. The number of hydrogen-bond donors (Lipinski definition) is 0. The molecule has 0 unspecified atom stereocenters. The first kappa shape index (κ1) is 15.2. The summed E-state index contributed by atoms with van der Waals surface area (Å²) in [6.45, 7) is 0. The van der Waals surface area contributed by atoms with Crippen LogP contribution < -0.4 is 0 Å². The van der Waals surface area contributed by atoms with Gasteiger partial charge in [0.1, 0.15) is 0 Å². The Labute approximate surface area is 161 Å². The topological polar surface area (TPSA) is 0 Å². The third-order valence-electron chi connectivity index (χ3n) is 5.22. The molecule has 0 amide bonds. The Morgan fingerprint density at radius 3 is 2.32 bits per heavy atom. The monoisotopic (exact) mass is 432 g/mol. The minimum atomic E-state index is 1.15. The van der Waals surface area contributed by atoms with Crippen LogP contribution in [0.2, 0.25) is 0 Å². The van der Waals surface area contributed by atoms with Gasteiger partial charge in [0.25, 0.3) is 0 Å². The zero-order valence-electron chi connectivity index (χ0n) is 13.8. The van der Waals surface area contributed by atoms with Crippen LogP contribution in [0, 0.1) is 3.57 Å². The van der Waals surface area contributed by atoms with E-state index in [1.807, 2.05) is 0 Å². The van der Waals surface area contributed by atoms with E-state index in [4.69, 9.17) is 0 Å². The van der Waals surface area contributed by atoms with Gasteiger partial charge in [-0.25, -0.2) is 0 Å². The molecule has 0 atom stereocenters. The highest BCUT2D eigenvalue weighted by molar-refractivity contribution is 14.1. The van der Waals surface area contributed by atoms with Crippen LogP contribution in [0.3, 0.4) is 0 Å². The maximum absolute atomic E-state index is 2.43. The first-order valence-electron chi connectivity index (χ1n) is 8.72. The standard InChI is InChI=1S/C24H17I/c25-24-15-14-22(20-8-3-4-9-23(20)24)19-11-5-10-18-17-7-2-1-6-16(17)12-13-21(18)19/h2-5,7-15H,1,6H2. The third kappa shape index (κ3) is 2.41. The van der Waals surface area contributed by atoms with Crippen molar-refractivity contribution in [3.8, 4) is 11.1 Å². The summed E-state index contributed by atoms with van der Waals surface area (Å²) in [5.41, 5.74) is 5.52. The summed E-state index contributed by atoms with van der Waals surface area (Å²) < 4.78 is 1.30. The lowest BCUT2D eigenvalue weighted by Crippen LogP contribution is -1.95. The molecule has 4 aromatic carbocycles. The first-order chi connectivity index (χ1) is 12.3. The predicted molar refractivity (Wildman–Crippen MR) is 117 cm³/mol. The number of halogens is 1. The van der Waals surface area contributed by atoms with Gasteiger partial charge in [0.15, 0.2) is 0 Å². The normalized spacial score (nSPS) is 13.3. The van der Waals surface area contributed by atoms with Gasteiger partial charge in [-0.1, -0.05) is 72.8 Å². The molecule has 1 aliphatic rings. The smallest absolute Gasteiger partial charge is 0.0209 e. The molecule has 0 saturated heterocycles. The Kier molecular flexibility index (Phi) is 3.63. The lowest BCUT2D eigenvalue weighted by molar-refractivity contribution is 0.990. The molecule has 120 valence electrons. The summed E-state index contributed by atoms with van der Waals surface area (Å²) in [5.74, 6) is 0.